The molecule has 2 amide bonds. The van der Waals surface area contributed by atoms with Crippen molar-refractivity contribution in [2.24, 2.45) is 0 Å². The molecule has 0 atom stereocenters. The van der Waals surface area contributed by atoms with Crippen LogP contribution >= 0.6 is 11.8 Å². The van der Waals surface area contributed by atoms with Gasteiger partial charge in [0.05, 0.1) is 39.0 Å². The number of anilines is 2. The molecule has 0 unspecified atom stereocenters. The number of methoxy groups -OCH3 is 1. The lowest BCUT2D eigenvalue weighted by Crippen LogP contribution is -2.36. The number of morpholine rings is 1. The summed E-state index contributed by atoms with van der Waals surface area (Å²) in [4.78, 5) is 38.9. The highest BCUT2D eigenvalue weighted by molar-refractivity contribution is 7.99. The lowest BCUT2D eigenvalue weighted by atomic mass is 10.2. The SMILES string of the molecule is COC(=O)CCSCC(=O)N(C)CC(=O)Nc1ccc(N2CCOCC2)cc1. The van der Waals surface area contributed by atoms with E-state index in [1.165, 1.54) is 23.8 Å². The van der Waals surface area contributed by atoms with Gasteiger partial charge >= 0.3 is 5.97 Å². The number of carbonyl (C=O) groups excluding carboxylic acids is 3. The third-order valence-corrected chi connectivity index (χ3v) is 5.18. The maximum atomic E-state index is 12.2. The normalized spacial score (nSPS) is 13.7. The smallest absolute Gasteiger partial charge is 0.306 e. The van der Waals surface area contributed by atoms with Crippen molar-refractivity contribution >= 4 is 40.9 Å². The Morgan fingerprint density at radius 3 is 2.54 bits per heavy atom. The summed E-state index contributed by atoms with van der Waals surface area (Å²) in [6, 6.07) is 7.64. The maximum absolute atomic E-state index is 12.2. The zero-order valence-corrected chi connectivity index (χ0v) is 17.1. The topological polar surface area (TPSA) is 88.2 Å². The molecule has 1 aliphatic rings. The van der Waals surface area contributed by atoms with Crippen LogP contribution in [-0.4, -0.2) is 81.2 Å². The molecule has 1 aromatic carbocycles. The summed E-state index contributed by atoms with van der Waals surface area (Å²) in [5.41, 5.74) is 1.79. The minimum atomic E-state index is -0.299. The van der Waals surface area contributed by atoms with Crippen LogP contribution in [-0.2, 0) is 23.9 Å². The van der Waals surface area contributed by atoms with Crippen LogP contribution in [0.4, 0.5) is 11.4 Å². The van der Waals surface area contributed by atoms with Gasteiger partial charge in [-0.3, -0.25) is 14.4 Å². The Kier molecular flexibility index (Phi) is 9.09. The quantitative estimate of drug-likeness (QED) is 0.485. The number of amides is 2. The van der Waals surface area contributed by atoms with Gasteiger partial charge in [-0.25, -0.2) is 0 Å². The first-order valence-electron chi connectivity index (χ1n) is 9.10. The molecule has 1 aliphatic heterocycles. The molecule has 28 heavy (non-hydrogen) atoms. The average molecular weight is 410 g/mol. The van der Waals surface area contributed by atoms with E-state index in [4.69, 9.17) is 4.74 Å². The molecule has 1 saturated heterocycles. The van der Waals surface area contributed by atoms with Crippen molar-refractivity contribution in [3.8, 4) is 0 Å². The van der Waals surface area contributed by atoms with Crippen molar-refractivity contribution in [2.45, 2.75) is 6.42 Å². The summed E-state index contributed by atoms with van der Waals surface area (Å²) >= 11 is 1.34. The zero-order valence-electron chi connectivity index (χ0n) is 16.3. The van der Waals surface area contributed by atoms with Crippen LogP contribution in [0.3, 0.4) is 0 Å². The largest absolute Gasteiger partial charge is 0.469 e. The first-order valence-corrected chi connectivity index (χ1v) is 10.3. The van der Waals surface area contributed by atoms with Gasteiger partial charge in [0.15, 0.2) is 0 Å². The minimum absolute atomic E-state index is 0.0262. The number of thioether (sulfide) groups is 1. The van der Waals surface area contributed by atoms with Crippen molar-refractivity contribution < 1.29 is 23.9 Å². The molecule has 1 fully saturated rings. The van der Waals surface area contributed by atoms with E-state index in [9.17, 15) is 14.4 Å². The second-order valence-electron chi connectivity index (χ2n) is 6.32. The molecule has 1 aromatic rings. The first-order chi connectivity index (χ1) is 13.5. The number of esters is 1. The van der Waals surface area contributed by atoms with Crippen LogP contribution in [0.25, 0.3) is 0 Å². The van der Waals surface area contributed by atoms with E-state index in [1.54, 1.807) is 7.05 Å². The predicted molar refractivity (Wildman–Crippen MR) is 110 cm³/mol. The molecule has 1 N–H and O–H groups in total. The monoisotopic (exact) mass is 409 g/mol. The van der Waals surface area contributed by atoms with Crippen LogP contribution in [0.15, 0.2) is 24.3 Å². The molecule has 0 radical (unpaired) electrons. The van der Waals surface area contributed by atoms with E-state index in [0.717, 1.165) is 32.0 Å². The van der Waals surface area contributed by atoms with E-state index in [0.29, 0.717) is 11.4 Å². The van der Waals surface area contributed by atoms with Crippen LogP contribution in [0.1, 0.15) is 6.42 Å². The predicted octanol–water partition coefficient (Wildman–Crippen LogP) is 1.22. The third kappa shape index (κ3) is 7.40. The summed E-state index contributed by atoms with van der Waals surface area (Å²) < 4.78 is 9.89. The summed E-state index contributed by atoms with van der Waals surface area (Å²) in [6.45, 7) is 3.13. The van der Waals surface area contributed by atoms with Crippen molar-refractivity contribution in [3.63, 3.8) is 0 Å². The molecule has 1 heterocycles. The number of hydrogen-bond acceptors (Lipinski definition) is 7. The Labute approximate surface area is 169 Å². The molecule has 0 aliphatic carbocycles. The Hall–Kier alpha value is -2.26. The number of rotatable bonds is 9. The zero-order chi connectivity index (χ0) is 20.4. The Bertz CT molecular complexity index is 662. The van der Waals surface area contributed by atoms with Gasteiger partial charge in [-0.05, 0) is 24.3 Å². The van der Waals surface area contributed by atoms with Gasteiger partial charge in [0.1, 0.15) is 0 Å². The lowest BCUT2D eigenvalue weighted by molar-refractivity contribution is -0.140. The minimum Gasteiger partial charge on any atom is -0.469 e. The summed E-state index contributed by atoms with van der Waals surface area (Å²) in [6.07, 6.45) is 0.263. The Balaban J connectivity index is 1.71. The fourth-order valence-electron chi connectivity index (χ4n) is 2.61. The fraction of sp³-hybridized carbons (Fsp3) is 0.526. The highest BCUT2D eigenvalue weighted by Crippen LogP contribution is 2.19. The number of nitrogens with zero attached hydrogens (tertiary/aromatic N) is 2. The third-order valence-electron chi connectivity index (χ3n) is 4.24. The maximum Gasteiger partial charge on any atom is 0.306 e. The van der Waals surface area contributed by atoms with Gasteiger partial charge in [-0.2, -0.15) is 11.8 Å². The van der Waals surface area contributed by atoms with Gasteiger partial charge in [0.2, 0.25) is 11.8 Å². The number of likely N-dealkylation sites (N-methyl/N-ethyl adjacent to an activating group) is 1. The highest BCUT2D eigenvalue weighted by atomic mass is 32.2. The molecule has 0 saturated carbocycles. The van der Waals surface area contributed by atoms with Crippen molar-refractivity contribution in [1.82, 2.24) is 4.90 Å². The molecule has 154 valence electrons. The highest BCUT2D eigenvalue weighted by Gasteiger charge is 2.14. The molecule has 9 heteroatoms. The molecule has 0 aromatic heterocycles. The molecule has 8 nitrogen and oxygen atoms in total. The van der Waals surface area contributed by atoms with Gasteiger partial charge in [0, 0.05) is 37.3 Å². The molecule has 0 bridgehead atoms. The number of ether oxygens (including phenoxy) is 2. The van der Waals surface area contributed by atoms with Gasteiger partial charge in [0.25, 0.3) is 0 Å². The summed E-state index contributed by atoms with van der Waals surface area (Å²) in [5.74, 6) is 0.0118. The number of hydrogen-bond donors (Lipinski definition) is 1. The van der Waals surface area contributed by atoms with Crippen molar-refractivity contribution in [2.75, 3.05) is 68.7 Å². The van der Waals surface area contributed by atoms with E-state index in [-0.39, 0.29) is 36.5 Å². The van der Waals surface area contributed by atoms with Crippen molar-refractivity contribution in [3.05, 3.63) is 24.3 Å². The number of nitrogens with one attached hydrogen (secondary N) is 1. The summed E-state index contributed by atoms with van der Waals surface area (Å²) in [7, 11) is 2.92. The van der Waals surface area contributed by atoms with Crippen LogP contribution in [0.2, 0.25) is 0 Å². The van der Waals surface area contributed by atoms with Crippen LogP contribution in [0.5, 0.6) is 0 Å². The lowest BCUT2D eigenvalue weighted by Gasteiger charge is -2.28. The summed E-state index contributed by atoms with van der Waals surface area (Å²) in [5, 5.41) is 2.80. The van der Waals surface area contributed by atoms with Crippen LogP contribution < -0.4 is 10.2 Å². The van der Waals surface area contributed by atoms with Gasteiger partial charge < -0.3 is 24.6 Å². The van der Waals surface area contributed by atoms with E-state index >= 15 is 0 Å². The van der Waals surface area contributed by atoms with E-state index in [2.05, 4.69) is 15.0 Å². The van der Waals surface area contributed by atoms with E-state index < -0.39 is 0 Å². The first kappa shape index (κ1) is 22.0. The van der Waals surface area contributed by atoms with Crippen molar-refractivity contribution in [1.29, 1.82) is 0 Å². The average Bonchev–Trinajstić information content (AvgIpc) is 2.71. The van der Waals surface area contributed by atoms with Crippen LogP contribution in [0, 0.1) is 0 Å². The fourth-order valence-corrected chi connectivity index (χ4v) is 3.46. The second-order valence-corrected chi connectivity index (χ2v) is 7.43. The second kappa shape index (κ2) is 11.6. The number of benzene rings is 1. The van der Waals surface area contributed by atoms with Gasteiger partial charge in [-0.1, -0.05) is 0 Å². The molecule has 0 spiro atoms. The Morgan fingerprint density at radius 2 is 1.89 bits per heavy atom. The molecular formula is C19H27N3O5S. The standard InChI is InChI=1S/C19H27N3O5S/c1-21(18(24)14-28-12-7-19(25)26-2)13-17(23)20-15-3-5-16(6-4-15)22-8-10-27-11-9-22/h3-6H,7-14H2,1-2H3,(H,20,23). The van der Waals surface area contributed by atoms with E-state index in [1.807, 2.05) is 24.3 Å². The Morgan fingerprint density at radius 1 is 1.21 bits per heavy atom. The molecule has 2 rings (SSSR count). The molecular weight excluding hydrogens is 382 g/mol. The number of carbonyl (C=O) groups is 3. The van der Waals surface area contributed by atoms with Gasteiger partial charge in [-0.15, -0.1) is 0 Å².